The van der Waals surface area contributed by atoms with Gasteiger partial charge < -0.3 is 4.90 Å². The Balaban J connectivity index is 1.37. The van der Waals surface area contributed by atoms with Gasteiger partial charge in [-0.3, -0.25) is 39.2 Å². The number of anilines is 1. The average Bonchev–Trinajstić information content (AvgIpc) is 3.45. The minimum absolute atomic E-state index is 0.00314. The average molecular weight is 542 g/mol. The minimum atomic E-state index is -1.45. The van der Waals surface area contributed by atoms with Gasteiger partial charge >= 0.3 is 12.1 Å². The maximum Gasteiger partial charge on any atom is 0.332 e. The van der Waals surface area contributed by atoms with Crippen LogP contribution in [-0.2, 0) is 32.1 Å². The van der Waals surface area contributed by atoms with Crippen LogP contribution in [-0.4, -0.2) is 77.1 Å². The second-order valence-corrected chi connectivity index (χ2v) is 10.6. The van der Waals surface area contributed by atoms with Crippen LogP contribution in [0, 0.1) is 5.41 Å². The Kier molecular flexibility index (Phi) is 5.83. The van der Waals surface area contributed by atoms with E-state index in [0.717, 1.165) is 32.4 Å². The fraction of sp³-hybridized carbons (Fsp3) is 0.310. The Morgan fingerprint density at radius 3 is 2.35 bits per heavy atom. The van der Waals surface area contributed by atoms with Crippen LogP contribution in [0.2, 0.25) is 0 Å². The zero-order chi connectivity index (χ0) is 28.3. The SMILES string of the molecule is CN1C(=O)N(C)C(=O)C2(Cc3cc(C=C4C(=O)NC(=O)N(Cc5ccccc5)C4=O)ccc3N3CCCC32)C1=O. The van der Waals surface area contributed by atoms with E-state index in [0.29, 0.717) is 24.1 Å². The van der Waals surface area contributed by atoms with Crippen molar-refractivity contribution in [2.75, 3.05) is 25.5 Å². The van der Waals surface area contributed by atoms with E-state index in [4.69, 9.17) is 0 Å². The number of nitrogens with one attached hydrogen (secondary N) is 1. The van der Waals surface area contributed by atoms with Crippen LogP contribution >= 0.6 is 0 Å². The van der Waals surface area contributed by atoms with Gasteiger partial charge in [-0.1, -0.05) is 36.4 Å². The highest BCUT2D eigenvalue weighted by Crippen LogP contribution is 2.49. The van der Waals surface area contributed by atoms with Crippen molar-refractivity contribution >= 4 is 47.5 Å². The molecule has 11 nitrogen and oxygen atoms in total. The second kappa shape index (κ2) is 9.15. The highest BCUT2D eigenvalue weighted by molar-refractivity contribution is 6.31. The molecular formula is C29H27N5O6. The van der Waals surface area contributed by atoms with E-state index in [2.05, 4.69) is 10.2 Å². The number of rotatable bonds is 3. The number of hydrogen-bond donors (Lipinski definition) is 1. The third kappa shape index (κ3) is 3.64. The molecule has 1 N–H and O–H groups in total. The summed E-state index contributed by atoms with van der Waals surface area (Å²) in [5.41, 5.74) is 1.16. The second-order valence-electron chi connectivity index (χ2n) is 10.6. The first-order valence-electron chi connectivity index (χ1n) is 13.1. The largest absolute Gasteiger partial charge is 0.367 e. The zero-order valence-electron chi connectivity index (χ0n) is 22.0. The summed E-state index contributed by atoms with van der Waals surface area (Å²) in [5, 5.41) is 2.23. The van der Waals surface area contributed by atoms with Crippen molar-refractivity contribution in [3.63, 3.8) is 0 Å². The third-order valence-corrected chi connectivity index (χ3v) is 8.33. The van der Waals surface area contributed by atoms with Crippen molar-refractivity contribution in [1.82, 2.24) is 20.0 Å². The van der Waals surface area contributed by atoms with Gasteiger partial charge in [-0.25, -0.2) is 9.59 Å². The summed E-state index contributed by atoms with van der Waals surface area (Å²) in [6, 6.07) is 12.5. The van der Waals surface area contributed by atoms with Crippen LogP contribution in [0.1, 0.15) is 29.5 Å². The van der Waals surface area contributed by atoms with Crippen LogP contribution in [0.4, 0.5) is 15.3 Å². The molecule has 2 aromatic rings. The summed E-state index contributed by atoms with van der Waals surface area (Å²) in [5.74, 6) is -2.56. The standard InChI is InChI=1S/C29H27N5O6/c1-31-25(37)29(26(38)32(2)28(31)40)15-19-13-18(10-11-21(19)33-12-6-9-22(29)33)14-20-23(35)30-27(39)34(24(20)36)16-17-7-4-3-5-8-17/h3-5,7-8,10-11,13-14,22H,6,9,12,15-16H2,1-2H3,(H,30,35,39). The van der Waals surface area contributed by atoms with E-state index in [1.807, 2.05) is 12.1 Å². The number of fused-ring (bicyclic) bond motifs is 4. The lowest BCUT2D eigenvalue weighted by molar-refractivity contribution is -0.159. The van der Waals surface area contributed by atoms with Crippen LogP contribution in [0.5, 0.6) is 0 Å². The normalized spacial score (nSPS) is 23.2. The predicted molar refractivity (Wildman–Crippen MR) is 142 cm³/mol. The van der Waals surface area contributed by atoms with Crippen LogP contribution in [0.25, 0.3) is 6.08 Å². The quantitative estimate of drug-likeness (QED) is 0.357. The van der Waals surface area contributed by atoms with Crippen LogP contribution < -0.4 is 10.2 Å². The monoisotopic (exact) mass is 541 g/mol. The van der Waals surface area contributed by atoms with Crippen molar-refractivity contribution in [3.05, 3.63) is 70.8 Å². The number of carbonyl (C=O) groups is 6. The number of imide groups is 4. The Morgan fingerprint density at radius 2 is 1.65 bits per heavy atom. The maximum atomic E-state index is 13.6. The molecule has 0 radical (unpaired) electrons. The Bertz CT molecular complexity index is 1510. The van der Waals surface area contributed by atoms with E-state index in [1.54, 1.807) is 36.4 Å². The van der Waals surface area contributed by atoms with Crippen LogP contribution in [0.3, 0.4) is 0 Å². The molecule has 4 heterocycles. The number of hydrogen-bond acceptors (Lipinski definition) is 7. The summed E-state index contributed by atoms with van der Waals surface area (Å²) >= 11 is 0. The highest BCUT2D eigenvalue weighted by Gasteiger charge is 2.63. The summed E-state index contributed by atoms with van der Waals surface area (Å²) in [7, 11) is 2.78. The molecule has 0 saturated carbocycles. The smallest absolute Gasteiger partial charge is 0.332 e. The van der Waals surface area contributed by atoms with Crippen LogP contribution in [0.15, 0.2) is 54.1 Å². The lowest BCUT2D eigenvalue weighted by Gasteiger charge is -2.50. The van der Waals surface area contributed by atoms with Gasteiger partial charge in [0.15, 0.2) is 5.41 Å². The molecule has 0 bridgehead atoms. The Hall–Kier alpha value is -4.80. The first-order chi connectivity index (χ1) is 19.1. The molecule has 40 heavy (non-hydrogen) atoms. The third-order valence-electron chi connectivity index (χ3n) is 8.33. The predicted octanol–water partition coefficient (Wildman–Crippen LogP) is 1.91. The maximum absolute atomic E-state index is 13.6. The van der Waals surface area contributed by atoms with Crippen molar-refractivity contribution in [2.24, 2.45) is 5.41 Å². The molecular weight excluding hydrogens is 514 g/mol. The number of carbonyl (C=O) groups excluding carboxylic acids is 6. The molecule has 4 aliphatic heterocycles. The molecule has 4 aliphatic rings. The Morgan fingerprint density at radius 1 is 0.950 bits per heavy atom. The molecule has 6 rings (SSSR count). The van der Waals surface area contributed by atoms with Gasteiger partial charge in [-0.15, -0.1) is 0 Å². The molecule has 0 aliphatic carbocycles. The van der Waals surface area contributed by atoms with Gasteiger partial charge in [0.25, 0.3) is 11.8 Å². The first kappa shape index (κ1) is 25.5. The minimum Gasteiger partial charge on any atom is -0.367 e. The van der Waals surface area contributed by atoms with Crippen molar-refractivity contribution in [1.29, 1.82) is 0 Å². The number of nitrogens with zero attached hydrogens (tertiary/aromatic N) is 4. The molecule has 8 amide bonds. The molecule has 11 heteroatoms. The van der Waals surface area contributed by atoms with E-state index in [1.165, 1.54) is 20.2 Å². The molecule has 204 valence electrons. The summed E-state index contributed by atoms with van der Waals surface area (Å²) in [4.78, 5) is 83.2. The number of urea groups is 2. The molecule has 2 aromatic carbocycles. The number of amides is 8. The molecule has 1 spiro atoms. The van der Waals surface area contributed by atoms with E-state index in [9.17, 15) is 28.8 Å². The summed E-state index contributed by atoms with van der Waals surface area (Å²) in [6.45, 7) is 0.655. The van der Waals surface area contributed by atoms with Crippen molar-refractivity contribution < 1.29 is 28.8 Å². The summed E-state index contributed by atoms with van der Waals surface area (Å²) in [6.07, 6.45) is 2.93. The lowest BCUT2D eigenvalue weighted by atomic mass is 9.68. The van der Waals surface area contributed by atoms with E-state index in [-0.39, 0.29) is 24.6 Å². The molecule has 3 saturated heterocycles. The first-order valence-corrected chi connectivity index (χ1v) is 13.1. The molecule has 1 atom stereocenters. The van der Waals surface area contributed by atoms with Gasteiger partial charge in [0.2, 0.25) is 11.8 Å². The number of barbiturate groups is 2. The molecule has 3 fully saturated rings. The summed E-state index contributed by atoms with van der Waals surface area (Å²) < 4.78 is 0. The van der Waals surface area contributed by atoms with E-state index >= 15 is 0 Å². The number of benzene rings is 2. The van der Waals surface area contributed by atoms with Gasteiger partial charge in [0.1, 0.15) is 5.57 Å². The van der Waals surface area contributed by atoms with Gasteiger partial charge in [-0.05, 0) is 54.2 Å². The molecule has 0 aromatic heterocycles. The van der Waals surface area contributed by atoms with Crippen molar-refractivity contribution in [3.8, 4) is 0 Å². The fourth-order valence-corrected chi connectivity index (χ4v) is 6.40. The fourth-order valence-electron chi connectivity index (χ4n) is 6.40. The van der Waals surface area contributed by atoms with Crippen molar-refractivity contribution in [2.45, 2.75) is 31.8 Å². The van der Waals surface area contributed by atoms with Gasteiger partial charge in [0, 0.05) is 26.3 Å². The van der Waals surface area contributed by atoms with E-state index < -0.39 is 41.1 Å². The molecule has 1 unspecified atom stereocenters. The van der Waals surface area contributed by atoms with Gasteiger partial charge in [0.05, 0.1) is 12.6 Å². The Labute approximate surface area is 230 Å². The lowest BCUT2D eigenvalue weighted by Crippen LogP contribution is -2.70. The topological polar surface area (TPSA) is 127 Å². The highest BCUT2D eigenvalue weighted by atomic mass is 16.2. The van der Waals surface area contributed by atoms with Gasteiger partial charge in [-0.2, -0.15) is 0 Å². The zero-order valence-corrected chi connectivity index (χ0v) is 22.0.